The molecule has 0 bridgehead atoms. The standard InChI is InChI=1S/C15H14N6/c1-10-4-3-7-21-11(9-17-15(10)21)8-16-12-5-2-6-13-14(12)19-20-18-13/h2-7,9,16H,8H2,1H3,(H,18,19,20). The van der Waals surface area contributed by atoms with E-state index in [0.29, 0.717) is 6.54 Å². The Bertz CT molecular complexity index is 920. The van der Waals surface area contributed by atoms with Crippen molar-refractivity contribution in [2.24, 2.45) is 0 Å². The molecule has 0 aliphatic heterocycles. The Hall–Kier alpha value is -2.89. The lowest BCUT2D eigenvalue weighted by Gasteiger charge is -2.07. The Morgan fingerprint density at radius 1 is 1.19 bits per heavy atom. The van der Waals surface area contributed by atoms with Gasteiger partial charge in [-0.05, 0) is 30.7 Å². The van der Waals surface area contributed by atoms with Gasteiger partial charge in [-0.25, -0.2) is 4.98 Å². The number of pyridine rings is 1. The number of fused-ring (bicyclic) bond motifs is 2. The summed E-state index contributed by atoms with van der Waals surface area (Å²) in [6, 6.07) is 9.99. The number of nitrogens with one attached hydrogen (secondary N) is 2. The lowest BCUT2D eigenvalue weighted by Crippen LogP contribution is -2.03. The van der Waals surface area contributed by atoms with Crippen molar-refractivity contribution < 1.29 is 0 Å². The molecule has 104 valence electrons. The Labute approximate surface area is 120 Å². The predicted molar refractivity (Wildman–Crippen MR) is 81.1 cm³/mol. The number of imidazole rings is 1. The monoisotopic (exact) mass is 278 g/mol. The normalized spacial score (nSPS) is 11.3. The minimum Gasteiger partial charge on any atom is -0.378 e. The Kier molecular flexibility index (Phi) is 2.60. The molecule has 0 spiro atoms. The molecule has 4 rings (SSSR count). The zero-order valence-electron chi connectivity index (χ0n) is 11.5. The Balaban J connectivity index is 1.67. The number of rotatable bonds is 3. The maximum atomic E-state index is 4.47. The molecule has 1 aromatic carbocycles. The number of H-pyrrole nitrogens is 1. The van der Waals surface area contributed by atoms with Crippen LogP contribution in [-0.4, -0.2) is 24.8 Å². The molecule has 0 aliphatic carbocycles. The van der Waals surface area contributed by atoms with E-state index in [-0.39, 0.29) is 0 Å². The molecule has 2 N–H and O–H groups in total. The van der Waals surface area contributed by atoms with Crippen LogP contribution in [0.15, 0.2) is 42.7 Å². The van der Waals surface area contributed by atoms with Crippen molar-refractivity contribution in [3.8, 4) is 0 Å². The molecular formula is C15H14N6. The second-order valence-electron chi connectivity index (χ2n) is 4.98. The smallest absolute Gasteiger partial charge is 0.139 e. The summed E-state index contributed by atoms with van der Waals surface area (Å²) in [5.74, 6) is 0. The van der Waals surface area contributed by atoms with E-state index in [0.717, 1.165) is 28.1 Å². The topological polar surface area (TPSA) is 70.9 Å². The minimum atomic E-state index is 0.677. The average molecular weight is 278 g/mol. The molecule has 0 atom stereocenters. The number of nitrogens with zero attached hydrogens (tertiary/aromatic N) is 4. The van der Waals surface area contributed by atoms with Gasteiger partial charge in [0.2, 0.25) is 0 Å². The van der Waals surface area contributed by atoms with Gasteiger partial charge in [0.15, 0.2) is 0 Å². The molecular weight excluding hydrogens is 264 g/mol. The highest BCUT2D eigenvalue weighted by Crippen LogP contribution is 2.20. The highest BCUT2D eigenvalue weighted by atomic mass is 15.3. The number of benzene rings is 1. The van der Waals surface area contributed by atoms with E-state index in [1.807, 2.05) is 36.7 Å². The maximum Gasteiger partial charge on any atom is 0.139 e. The van der Waals surface area contributed by atoms with E-state index < -0.39 is 0 Å². The van der Waals surface area contributed by atoms with Crippen molar-refractivity contribution in [1.82, 2.24) is 24.8 Å². The van der Waals surface area contributed by atoms with Gasteiger partial charge in [0, 0.05) is 6.20 Å². The van der Waals surface area contributed by atoms with E-state index in [9.17, 15) is 0 Å². The molecule has 4 aromatic rings. The third-order valence-corrected chi connectivity index (χ3v) is 3.61. The summed E-state index contributed by atoms with van der Waals surface area (Å²) in [6.07, 6.45) is 3.93. The number of anilines is 1. The van der Waals surface area contributed by atoms with Gasteiger partial charge in [0.25, 0.3) is 0 Å². The van der Waals surface area contributed by atoms with Crippen LogP contribution in [0.2, 0.25) is 0 Å². The highest BCUT2D eigenvalue weighted by molar-refractivity contribution is 5.87. The van der Waals surface area contributed by atoms with Crippen molar-refractivity contribution >= 4 is 22.4 Å². The lowest BCUT2D eigenvalue weighted by atomic mass is 10.2. The highest BCUT2D eigenvalue weighted by Gasteiger charge is 2.07. The molecule has 6 heteroatoms. The van der Waals surface area contributed by atoms with Gasteiger partial charge in [-0.1, -0.05) is 12.1 Å². The quantitative estimate of drug-likeness (QED) is 0.604. The fraction of sp³-hybridized carbons (Fsp3) is 0.133. The van der Waals surface area contributed by atoms with Gasteiger partial charge >= 0.3 is 0 Å². The van der Waals surface area contributed by atoms with Gasteiger partial charge in [0.1, 0.15) is 16.7 Å². The van der Waals surface area contributed by atoms with E-state index in [2.05, 4.69) is 43.1 Å². The molecule has 0 unspecified atom stereocenters. The third kappa shape index (κ3) is 1.92. The molecule has 3 heterocycles. The van der Waals surface area contributed by atoms with Crippen LogP contribution < -0.4 is 5.32 Å². The van der Waals surface area contributed by atoms with Gasteiger partial charge in [0.05, 0.1) is 24.1 Å². The maximum absolute atomic E-state index is 4.47. The number of aryl methyl sites for hydroxylation is 1. The summed E-state index contributed by atoms with van der Waals surface area (Å²) in [5, 5.41) is 14.3. The van der Waals surface area contributed by atoms with Crippen LogP contribution in [0.25, 0.3) is 16.7 Å². The predicted octanol–water partition coefficient (Wildman–Crippen LogP) is 2.53. The first-order valence-electron chi connectivity index (χ1n) is 6.78. The first-order chi connectivity index (χ1) is 10.3. The zero-order valence-corrected chi connectivity index (χ0v) is 11.5. The number of hydrogen-bond acceptors (Lipinski definition) is 4. The van der Waals surface area contributed by atoms with Crippen molar-refractivity contribution in [3.63, 3.8) is 0 Å². The fourth-order valence-corrected chi connectivity index (χ4v) is 2.53. The van der Waals surface area contributed by atoms with Crippen LogP contribution in [0.1, 0.15) is 11.3 Å². The first-order valence-corrected chi connectivity index (χ1v) is 6.78. The average Bonchev–Trinajstić information content (AvgIpc) is 3.12. The number of aromatic nitrogens is 5. The Morgan fingerprint density at radius 2 is 2.14 bits per heavy atom. The summed E-state index contributed by atoms with van der Waals surface area (Å²) in [4.78, 5) is 4.47. The summed E-state index contributed by atoms with van der Waals surface area (Å²) in [5.41, 5.74) is 5.94. The summed E-state index contributed by atoms with van der Waals surface area (Å²) in [7, 11) is 0. The van der Waals surface area contributed by atoms with Crippen LogP contribution in [0.4, 0.5) is 5.69 Å². The molecule has 0 radical (unpaired) electrons. The number of para-hydroxylation sites is 1. The molecule has 3 aromatic heterocycles. The molecule has 6 nitrogen and oxygen atoms in total. The second-order valence-corrected chi connectivity index (χ2v) is 4.98. The number of hydrogen-bond donors (Lipinski definition) is 2. The van der Waals surface area contributed by atoms with Gasteiger partial charge in [-0.3, -0.25) is 0 Å². The van der Waals surface area contributed by atoms with E-state index in [1.165, 1.54) is 5.56 Å². The molecule has 21 heavy (non-hydrogen) atoms. The first kappa shape index (κ1) is 11.9. The van der Waals surface area contributed by atoms with Gasteiger partial charge < -0.3 is 9.72 Å². The molecule has 0 amide bonds. The van der Waals surface area contributed by atoms with Crippen molar-refractivity contribution in [1.29, 1.82) is 0 Å². The third-order valence-electron chi connectivity index (χ3n) is 3.61. The van der Waals surface area contributed by atoms with Crippen LogP contribution in [0.5, 0.6) is 0 Å². The lowest BCUT2D eigenvalue weighted by molar-refractivity contribution is 0.958. The fourth-order valence-electron chi connectivity index (χ4n) is 2.53. The van der Waals surface area contributed by atoms with E-state index in [4.69, 9.17) is 0 Å². The van der Waals surface area contributed by atoms with E-state index >= 15 is 0 Å². The second kappa shape index (κ2) is 4.59. The number of aromatic amines is 1. The SMILES string of the molecule is Cc1cccn2c(CNc3cccc4n[nH]nc34)cnc12. The van der Waals surface area contributed by atoms with Crippen LogP contribution in [0.3, 0.4) is 0 Å². The molecule has 0 saturated carbocycles. The zero-order chi connectivity index (χ0) is 14.2. The largest absolute Gasteiger partial charge is 0.378 e. The van der Waals surface area contributed by atoms with Crippen LogP contribution in [-0.2, 0) is 6.54 Å². The van der Waals surface area contributed by atoms with Crippen molar-refractivity contribution in [2.75, 3.05) is 5.32 Å². The van der Waals surface area contributed by atoms with Crippen LogP contribution >= 0.6 is 0 Å². The van der Waals surface area contributed by atoms with Gasteiger partial charge in [-0.15, -0.1) is 0 Å². The van der Waals surface area contributed by atoms with Crippen LogP contribution in [0, 0.1) is 6.92 Å². The minimum absolute atomic E-state index is 0.677. The summed E-state index contributed by atoms with van der Waals surface area (Å²) >= 11 is 0. The molecule has 0 fully saturated rings. The van der Waals surface area contributed by atoms with Gasteiger partial charge in [-0.2, -0.15) is 15.4 Å². The van der Waals surface area contributed by atoms with Crippen molar-refractivity contribution in [3.05, 3.63) is 54.0 Å². The summed E-state index contributed by atoms with van der Waals surface area (Å²) < 4.78 is 2.10. The van der Waals surface area contributed by atoms with Crippen molar-refractivity contribution in [2.45, 2.75) is 13.5 Å². The Morgan fingerprint density at radius 3 is 3.10 bits per heavy atom. The molecule has 0 saturated heterocycles. The summed E-state index contributed by atoms with van der Waals surface area (Å²) in [6.45, 7) is 2.74. The van der Waals surface area contributed by atoms with E-state index in [1.54, 1.807) is 0 Å². The molecule has 0 aliphatic rings.